The lowest BCUT2D eigenvalue weighted by Gasteiger charge is -2.24. The lowest BCUT2D eigenvalue weighted by molar-refractivity contribution is -0.124. The quantitative estimate of drug-likeness (QED) is 0.522. The van der Waals surface area contributed by atoms with Crippen molar-refractivity contribution in [3.8, 4) is 17.0 Å². The molecule has 5 rings (SSSR count). The second-order valence-electron chi connectivity index (χ2n) is 8.89. The smallest absolute Gasteiger partial charge is 0.240 e. The summed E-state index contributed by atoms with van der Waals surface area (Å²) in [5, 5.41) is 7.98. The van der Waals surface area contributed by atoms with Crippen molar-refractivity contribution in [3.05, 3.63) is 64.4 Å². The molecular formula is C26H26ClFN4O4. The van der Waals surface area contributed by atoms with Crippen LogP contribution in [-0.4, -0.2) is 47.4 Å². The van der Waals surface area contributed by atoms with Gasteiger partial charge in [0.25, 0.3) is 0 Å². The number of fused-ring (bicyclic) bond motifs is 3. The molecule has 0 bridgehead atoms. The van der Waals surface area contributed by atoms with Gasteiger partial charge in [0.2, 0.25) is 11.8 Å². The number of aryl methyl sites for hydroxylation is 1. The summed E-state index contributed by atoms with van der Waals surface area (Å²) < 4.78 is 27.5. The van der Waals surface area contributed by atoms with Gasteiger partial charge in [-0.25, -0.2) is 4.39 Å². The van der Waals surface area contributed by atoms with Gasteiger partial charge in [-0.15, -0.1) is 0 Å². The number of aromatic nitrogens is 2. The van der Waals surface area contributed by atoms with Crippen LogP contribution in [0.15, 0.2) is 42.5 Å². The van der Waals surface area contributed by atoms with Gasteiger partial charge >= 0.3 is 0 Å². The zero-order valence-electron chi connectivity index (χ0n) is 19.8. The van der Waals surface area contributed by atoms with Crippen molar-refractivity contribution in [1.29, 1.82) is 0 Å². The molecule has 36 heavy (non-hydrogen) atoms. The SMILES string of the molecule is Cn1nc(N(CC(=O)NC[C@@H]2CCCO2)C(=O)Cc2ccccc2F)c2c1-c1cc(Cl)ccc1OC2. The van der Waals surface area contributed by atoms with E-state index < -0.39 is 11.7 Å². The Bertz CT molecular complexity index is 1310. The van der Waals surface area contributed by atoms with E-state index in [-0.39, 0.29) is 37.1 Å². The predicted molar refractivity (Wildman–Crippen MR) is 132 cm³/mol. The highest BCUT2D eigenvalue weighted by Gasteiger charge is 2.32. The van der Waals surface area contributed by atoms with Gasteiger partial charge in [-0.05, 0) is 42.7 Å². The van der Waals surface area contributed by atoms with Gasteiger partial charge in [0.1, 0.15) is 24.7 Å². The first-order valence-corrected chi connectivity index (χ1v) is 12.2. The first-order chi connectivity index (χ1) is 17.4. The molecule has 1 atom stereocenters. The highest BCUT2D eigenvalue weighted by atomic mass is 35.5. The number of hydrogen-bond donors (Lipinski definition) is 1. The molecule has 10 heteroatoms. The number of nitrogens with zero attached hydrogens (tertiary/aromatic N) is 3. The van der Waals surface area contributed by atoms with Gasteiger partial charge in [-0.3, -0.25) is 19.2 Å². The Labute approximate surface area is 212 Å². The summed E-state index contributed by atoms with van der Waals surface area (Å²) in [5.74, 6) is -0.340. The van der Waals surface area contributed by atoms with E-state index in [4.69, 9.17) is 21.1 Å². The molecule has 3 aromatic rings. The third kappa shape index (κ3) is 4.94. The standard InChI is InChI=1S/C26H26ClFN4O4/c1-31-25-19-12-17(27)8-9-22(19)36-15-20(25)26(30-31)32(14-23(33)29-13-18-6-4-10-35-18)24(34)11-16-5-2-3-7-21(16)28/h2-3,5,7-9,12,18H,4,6,10-11,13-15H2,1H3,(H,29,33)/t18-/m0/s1. The first kappa shape index (κ1) is 24.3. The summed E-state index contributed by atoms with van der Waals surface area (Å²) in [6.07, 6.45) is 1.58. The maximum atomic E-state index is 14.3. The van der Waals surface area contributed by atoms with Crippen molar-refractivity contribution in [2.75, 3.05) is 24.6 Å². The molecule has 0 radical (unpaired) electrons. The third-order valence-corrected chi connectivity index (χ3v) is 6.64. The normalized spacial score (nSPS) is 16.1. The molecule has 1 aromatic heterocycles. The van der Waals surface area contributed by atoms with Crippen LogP contribution in [0.3, 0.4) is 0 Å². The average Bonchev–Trinajstić information content (AvgIpc) is 3.50. The zero-order chi connectivity index (χ0) is 25.2. The van der Waals surface area contributed by atoms with Gasteiger partial charge in [0.05, 0.1) is 23.8 Å². The monoisotopic (exact) mass is 512 g/mol. The second kappa shape index (κ2) is 10.3. The number of rotatable bonds is 7. The van der Waals surface area contributed by atoms with Gasteiger partial charge < -0.3 is 14.8 Å². The minimum absolute atomic E-state index is 0.0335. The number of halogens is 2. The number of anilines is 1. The van der Waals surface area contributed by atoms with Crippen molar-refractivity contribution in [2.24, 2.45) is 7.05 Å². The highest BCUT2D eigenvalue weighted by molar-refractivity contribution is 6.31. The molecule has 1 fully saturated rings. The van der Waals surface area contributed by atoms with E-state index in [2.05, 4.69) is 10.4 Å². The Balaban J connectivity index is 1.46. The van der Waals surface area contributed by atoms with Crippen LogP contribution in [0.1, 0.15) is 24.0 Å². The Morgan fingerprint density at radius 3 is 2.89 bits per heavy atom. The number of benzene rings is 2. The fraction of sp³-hybridized carbons (Fsp3) is 0.346. The minimum atomic E-state index is -0.483. The molecule has 2 aliphatic heterocycles. The Kier molecular flexibility index (Phi) is 6.93. The Morgan fingerprint density at radius 1 is 1.28 bits per heavy atom. The first-order valence-electron chi connectivity index (χ1n) is 11.8. The van der Waals surface area contributed by atoms with E-state index in [0.29, 0.717) is 35.3 Å². The number of nitrogens with one attached hydrogen (secondary N) is 1. The number of carbonyl (C=O) groups is 2. The average molecular weight is 513 g/mol. The molecule has 0 aliphatic carbocycles. The van der Waals surface area contributed by atoms with Gasteiger partial charge in [0.15, 0.2) is 5.82 Å². The molecule has 1 N–H and O–H groups in total. The minimum Gasteiger partial charge on any atom is -0.488 e. The molecule has 2 amide bonds. The van der Waals surface area contributed by atoms with Crippen LogP contribution >= 0.6 is 11.6 Å². The summed E-state index contributed by atoms with van der Waals surface area (Å²) in [7, 11) is 1.76. The topological polar surface area (TPSA) is 85.7 Å². The number of amides is 2. The predicted octanol–water partition coefficient (Wildman–Crippen LogP) is 3.64. The third-order valence-electron chi connectivity index (χ3n) is 6.40. The van der Waals surface area contributed by atoms with E-state index in [1.807, 2.05) is 0 Å². The van der Waals surface area contributed by atoms with Gasteiger partial charge in [0, 0.05) is 30.8 Å². The summed E-state index contributed by atoms with van der Waals surface area (Å²) >= 11 is 6.23. The fourth-order valence-corrected chi connectivity index (χ4v) is 4.79. The van der Waals surface area contributed by atoms with Crippen LogP contribution in [0.25, 0.3) is 11.3 Å². The molecule has 2 aliphatic rings. The lowest BCUT2D eigenvalue weighted by atomic mass is 10.0. The van der Waals surface area contributed by atoms with Crippen LogP contribution in [0.5, 0.6) is 5.75 Å². The van der Waals surface area contributed by atoms with Gasteiger partial charge in [-0.2, -0.15) is 5.10 Å². The van der Waals surface area contributed by atoms with Crippen molar-refractivity contribution in [3.63, 3.8) is 0 Å². The molecule has 0 unspecified atom stereocenters. The molecule has 8 nitrogen and oxygen atoms in total. The van der Waals surface area contributed by atoms with E-state index in [1.54, 1.807) is 48.1 Å². The van der Waals surface area contributed by atoms with E-state index in [9.17, 15) is 14.0 Å². The summed E-state index contributed by atoms with van der Waals surface area (Å²) in [6, 6.07) is 11.4. The zero-order valence-corrected chi connectivity index (χ0v) is 20.6. The van der Waals surface area contributed by atoms with Crippen LogP contribution in [0.2, 0.25) is 5.02 Å². The van der Waals surface area contributed by atoms with Crippen LogP contribution in [0, 0.1) is 5.82 Å². The molecule has 1 saturated heterocycles. The molecule has 2 aromatic carbocycles. The number of ether oxygens (including phenoxy) is 2. The molecule has 3 heterocycles. The van der Waals surface area contributed by atoms with Crippen LogP contribution in [0.4, 0.5) is 10.2 Å². The van der Waals surface area contributed by atoms with Crippen molar-refractivity contribution in [1.82, 2.24) is 15.1 Å². The highest BCUT2D eigenvalue weighted by Crippen LogP contribution is 2.42. The number of hydrogen-bond acceptors (Lipinski definition) is 5. The molecule has 0 saturated carbocycles. The molecular weight excluding hydrogens is 487 g/mol. The molecule has 0 spiro atoms. The number of carbonyl (C=O) groups excluding carboxylic acids is 2. The van der Waals surface area contributed by atoms with Crippen LogP contribution in [-0.2, 0) is 34.4 Å². The Morgan fingerprint density at radius 2 is 2.11 bits per heavy atom. The maximum absolute atomic E-state index is 14.3. The maximum Gasteiger partial charge on any atom is 0.240 e. The largest absolute Gasteiger partial charge is 0.488 e. The molecule has 188 valence electrons. The summed E-state index contributed by atoms with van der Waals surface area (Å²) in [4.78, 5) is 27.7. The fourth-order valence-electron chi connectivity index (χ4n) is 4.62. The van der Waals surface area contributed by atoms with Crippen molar-refractivity contribution >= 4 is 29.2 Å². The van der Waals surface area contributed by atoms with Crippen LogP contribution < -0.4 is 15.0 Å². The Hall–Kier alpha value is -3.43. The van der Waals surface area contributed by atoms with Gasteiger partial charge in [-0.1, -0.05) is 29.8 Å². The van der Waals surface area contributed by atoms with E-state index >= 15 is 0 Å². The van der Waals surface area contributed by atoms with Crippen molar-refractivity contribution in [2.45, 2.75) is 32.0 Å². The summed E-state index contributed by atoms with van der Waals surface area (Å²) in [6.45, 7) is 0.933. The second-order valence-corrected chi connectivity index (χ2v) is 9.33. The lowest BCUT2D eigenvalue weighted by Crippen LogP contribution is -2.44. The summed E-state index contributed by atoms with van der Waals surface area (Å²) in [5.41, 5.74) is 2.39. The van der Waals surface area contributed by atoms with Crippen molar-refractivity contribution < 1.29 is 23.5 Å². The van der Waals surface area contributed by atoms with E-state index in [1.165, 1.54) is 11.0 Å². The van der Waals surface area contributed by atoms with E-state index in [0.717, 1.165) is 24.1 Å².